The first-order valence-corrected chi connectivity index (χ1v) is 13.3. The summed E-state index contributed by atoms with van der Waals surface area (Å²) >= 11 is 0. The molecule has 192 valence electrons. The Labute approximate surface area is 230 Å². The van der Waals surface area contributed by atoms with Crippen LogP contribution in [0.3, 0.4) is 0 Å². The van der Waals surface area contributed by atoms with E-state index < -0.39 is 18.3 Å². The third-order valence-corrected chi connectivity index (χ3v) is 7.90. The van der Waals surface area contributed by atoms with Gasteiger partial charge in [0.05, 0.1) is 11.2 Å². The van der Waals surface area contributed by atoms with Crippen molar-refractivity contribution in [2.24, 2.45) is 0 Å². The molecule has 0 aliphatic carbocycles. The van der Waals surface area contributed by atoms with Gasteiger partial charge in [-0.05, 0) is 120 Å². The van der Waals surface area contributed by atoms with Crippen LogP contribution < -0.4 is 5.46 Å². The minimum Gasteiger partial charge on any atom is -0.399 e. The number of hydrogen-bond acceptors (Lipinski definition) is 4. The maximum absolute atomic E-state index is 6.48. The molecule has 3 heterocycles. The Bertz CT molecular complexity index is 1500. The lowest BCUT2D eigenvalue weighted by Crippen LogP contribution is -2.41. The van der Waals surface area contributed by atoms with Crippen LogP contribution in [0.4, 0.5) is 0 Å². The Morgan fingerprint density at radius 3 is 1.23 bits per heavy atom. The van der Waals surface area contributed by atoms with Gasteiger partial charge in [-0.2, -0.15) is 0 Å². The van der Waals surface area contributed by atoms with E-state index in [0.717, 1.165) is 50.0 Å². The molecule has 0 bridgehead atoms. The molecule has 2 aromatic heterocycles. The molecule has 0 N–H and O–H groups in total. The summed E-state index contributed by atoms with van der Waals surface area (Å²) in [4.78, 5) is 8.35. The van der Waals surface area contributed by atoms with Crippen LogP contribution in [0.2, 0.25) is 0 Å². The summed E-state index contributed by atoms with van der Waals surface area (Å²) < 4.78 is 13.0. The highest BCUT2D eigenvalue weighted by molar-refractivity contribution is 6.62. The first-order chi connectivity index (χ1) is 18.8. The van der Waals surface area contributed by atoms with Crippen LogP contribution in [0.15, 0.2) is 116 Å². The maximum atomic E-state index is 6.48. The van der Waals surface area contributed by atoms with Crippen molar-refractivity contribution in [2.75, 3.05) is 0 Å². The van der Waals surface area contributed by atoms with Crippen molar-refractivity contribution in [3.05, 3.63) is 116 Å². The Morgan fingerprint density at radius 1 is 0.462 bits per heavy atom. The monoisotopic (exact) mass is 510 g/mol. The largest absolute Gasteiger partial charge is 0.494 e. The van der Waals surface area contributed by atoms with Crippen molar-refractivity contribution >= 4 is 12.6 Å². The van der Waals surface area contributed by atoms with Crippen LogP contribution in [-0.2, 0) is 9.31 Å². The zero-order chi connectivity index (χ0) is 27.0. The maximum Gasteiger partial charge on any atom is 0.494 e. The van der Waals surface area contributed by atoms with Crippen molar-refractivity contribution in [1.29, 1.82) is 0 Å². The fourth-order valence-corrected chi connectivity index (χ4v) is 4.95. The predicted molar refractivity (Wildman–Crippen MR) is 159 cm³/mol. The minimum atomic E-state index is -0.458. The fourth-order valence-electron chi connectivity index (χ4n) is 4.95. The number of benzene rings is 3. The molecule has 0 spiro atoms. The molecule has 1 aliphatic heterocycles. The predicted octanol–water partition coefficient (Wildman–Crippen LogP) is 7.44. The Hall–Kier alpha value is -4.06. The lowest BCUT2D eigenvalue weighted by atomic mass is 9.76. The van der Waals surface area contributed by atoms with Crippen LogP contribution in [0, 0.1) is 0 Å². The molecule has 5 heteroatoms. The molecule has 1 aliphatic rings. The molecule has 1 fully saturated rings. The van der Waals surface area contributed by atoms with Crippen molar-refractivity contribution in [3.63, 3.8) is 0 Å². The average Bonchev–Trinajstić information content (AvgIpc) is 3.20. The second kappa shape index (κ2) is 9.92. The molecule has 4 nitrogen and oxygen atoms in total. The Morgan fingerprint density at radius 2 is 0.821 bits per heavy atom. The normalized spacial score (nSPS) is 15.8. The molecule has 6 rings (SSSR count). The number of hydrogen-bond donors (Lipinski definition) is 0. The van der Waals surface area contributed by atoms with Crippen LogP contribution >= 0.6 is 0 Å². The number of aromatic nitrogens is 2. The summed E-state index contributed by atoms with van der Waals surface area (Å²) in [6.07, 6.45) is 7.31. The zero-order valence-corrected chi connectivity index (χ0v) is 22.8. The summed E-state index contributed by atoms with van der Waals surface area (Å²) in [6, 6.07) is 32.1. The van der Waals surface area contributed by atoms with E-state index in [1.807, 2.05) is 49.1 Å². The van der Waals surface area contributed by atoms with Crippen LogP contribution in [0.5, 0.6) is 0 Å². The van der Waals surface area contributed by atoms with Gasteiger partial charge >= 0.3 is 7.12 Å². The first kappa shape index (κ1) is 25.2. The highest BCUT2D eigenvalue weighted by atomic mass is 16.7. The number of nitrogens with zero attached hydrogens (tertiary/aromatic N) is 2. The summed E-state index contributed by atoms with van der Waals surface area (Å²) in [5.41, 5.74) is 9.23. The quantitative estimate of drug-likeness (QED) is 0.231. The van der Waals surface area contributed by atoms with Gasteiger partial charge in [-0.1, -0.05) is 48.5 Å². The van der Waals surface area contributed by atoms with Gasteiger partial charge in [0.25, 0.3) is 0 Å². The summed E-state index contributed by atoms with van der Waals surface area (Å²) in [5.74, 6) is 0. The average molecular weight is 510 g/mol. The SMILES string of the molecule is CC1(C)OB(c2cc(-c3cccc(-c4ccncc4)c3)cc(-c3cccc(-c4ccncc4)c3)c2)OC1(C)C. The highest BCUT2D eigenvalue weighted by Crippen LogP contribution is 2.38. The van der Waals surface area contributed by atoms with Crippen LogP contribution in [-0.4, -0.2) is 28.3 Å². The third-order valence-electron chi connectivity index (χ3n) is 7.90. The van der Waals surface area contributed by atoms with E-state index >= 15 is 0 Å². The minimum absolute atomic E-state index is 0.420. The van der Waals surface area contributed by atoms with Gasteiger partial charge < -0.3 is 9.31 Å². The standard InChI is InChI=1S/C34H31BN2O2/c1-33(2)34(3,4)39-35(38-33)32-22-30(28-9-5-7-26(19-28)24-11-15-36-16-12-24)21-31(23-32)29-10-6-8-27(20-29)25-13-17-37-18-14-25/h5-23H,1-4H3. The molecule has 3 aromatic carbocycles. The lowest BCUT2D eigenvalue weighted by molar-refractivity contribution is 0.00578. The Balaban J connectivity index is 1.48. The summed E-state index contributed by atoms with van der Waals surface area (Å²) in [7, 11) is -0.458. The molecule has 0 atom stereocenters. The van der Waals surface area contributed by atoms with Crippen molar-refractivity contribution in [3.8, 4) is 44.5 Å². The highest BCUT2D eigenvalue weighted by Gasteiger charge is 2.51. The van der Waals surface area contributed by atoms with Gasteiger partial charge in [-0.3, -0.25) is 9.97 Å². The second-order valence-corrected chi connectivity index (χ2v) is 11.1. The van der Waals surface area contributed by atoms with Gasteiger partial charge in [0.1, 0.15) is 0 Å². The van der Waals surface area contributed by atoms with E-state index in [0.29, 0.717) is 0 Å². The van der Waals surface area contributed by atoms with Gasteiger partial charge in [0.15, 0.2) is 0 Å². The van der Waals surface area contributed by atoms with Gasteiger partial charge in [-0.15, -0.1) is 0 Å². The third kappa shape index (κ3) is 5.03. The van der Waals surface area contributed by atoms with Crippen molar-refractivity contribution in [2.45, 2.75) is 38.9 Å². The van der Waals surface area contributed by atoms with Crippen LogP contribution in [0.25, 0.3) is 44.5 Å². The fraction of sp³-hybridized carbons (Fsp3) is 0.176. The molecule has 0 amide bonds. The molecule has 0 saturated carbocycles. The molecule has 5 aromatic rings. The Kier molecular flexibility index (Phi) is 6.42. The van der Waals surface area contributed by atoms with Crippen molar-refractivity contribution in [1.82, 2.24) is 9.97 Å². The summed E-state index contributed by atoms with van der Waals surface area (Å²) in [6.45, 7) is 8.37. The molecule has 39 heavy (non-hydrogen) atoms. The van der Waals surface area contributed by atoms with E-state index in [1.165, 1.54) is 0 Å². The topological polar surface area (TPSA) is 44.2 Å². The van der Waals surface area contributed by atoms with E-state index in [4.69, 9.17) is 9.31 Å². The van der Waals surface area contributed by atoms with Gasteiger partial charge in [-0.25, -0.2) is 0 Å². The van der Waals surface area contributed by atoms with Gasteiger partial charge in [0.2, 0.25) is 0 Å². The molecule has 0 unspecified atom stereocenters. The first-order valence-electron chi connectivity index (χ1n) is 13.3. The van der Waals surface area contributed by atoms with E-state index in [9.17, 15) is 0 Å². The molecule has 0 radical (unpaired) electrons. The molecular weight excluding hydrogens is 479 g/mol. The summed E-state index contributed by atoms with van der Waals surface area (Å²) in [5, 5.41) is 0. The number of rotatable bonds is 5. The van der Waals surface area contributed by atoms with Crippen LogP contribution in [0.1, 0.15) is 27.7 Å². The molecule has 1 saturated heterocycles. The smallest absolute Gasteiger partial charge is 0.399 e. The number of pyridine rings is 2. The second-order valence-electron chi connectivity index (χ2n) is 11.1. The zero-order valence-electron chi connectivity index (χ0n) is 22.8. The van der Waals surface area contributed by atoms with E-state index in [2.05, 4.69) is 104 Å². The molecular formula is C34H31BN2O2. The van der Waals surface area contributed by atoms with Crippen molar-refractivity contribution < 1.29 is 9.31 Å². The van der Waals surface area contributed by atoms with Gasteiger partial charge in [0, 0.05) is 24.8 Å². The van der Waals surface area contributed by atoms with E-state index in [-0.39, 0.29) is 0 Å². The lowest BCUT2D eigenvalue weighted by Gasteiger charge is -2.32. The van der Waals surface area contributed by atoms with E-state index in [1.54, 1.807) is 0 Å².